The molecule has 15 rings (SSSR count). The van der Waals surface area contributed by atoms with Gasteiger partial charge in [0.1, 0.15) is 28.8 Å². The van der Waals surface area contributed by atoms with E-state index in [1.807, 2.05) is 68.1 Å². The number of morpholine rings is 1. The first-order chi connectivity index (χ1) is 63.2. The molecule has 4 aliphatic heterocycles. The van der Waals surface area contributed by atoms with Crippen molar-refractivity contribution >= 4 is 91.3 Å². The lowest BCUT2D eigenvalue weighted by atomic mass is 9.80. The van der Waals surface area contributed by atoms with Gasteiger partial charge in [0.25, 0.3) is 29.5 Å². The molecule has 686 valence electrons. The number of aromatic nitrogens is 2. The molecule has 0 radical (unpaired) electrons. The minimum atomic E-state index is -3.40. The SMILES string of the molecule is CCOc1ccc(S(=O)(=O)CCCC(=O)CCC(c2cccs2)N2CCOCC2)cc1.CCOc1ccccc1NC(=O)c1cccc2c1C(=O)N(C1CCCCC1)C2.COC(=O)C1=C(C)NC(C)=C(C(=O)OC)C1c1ccccc1OCc1c(C)no[n+]1[O-].COc1ccc(NC(=O)c2cccc(N3C(=O)c4ccc(C(=O)Cc5ccc(OC)c(O)c5)cc4C3=O)c2)cc1C. The van der Waals surface area contributed by atoms with Gasteiger partial charge in [-0.25, -0.2) is 22.9 Å². The number of dihydropyridines is 1. The number of carbonyl (C=O) groups excluding carboxylic acids is 9. The van der Waals surface area contributed by atoms with Crippen LogP contribution in [0.1, 0.15) is 198 Å². The number of hydrogen-bond acceptors (Lipinski definition) is 26. The number of phenolic OH excluding ortho intramolecular Hbond substituents is 1. The number of para-hydroxylation sites is 3. The number of phenols is 1. The Morgan fingerprint density at radius 3 is 1.99 bits per heavy atom. The summed E-state index contributed by atoms with van der Waals surface area (Å²) in [5, 5.41) is 36.2. The third-order valence-electron chi connectivity index (χ3n) is 23.0. The van der Waals surface area contributed by atoms with Crippen molar-refractivity contribution in [2.45, 2.75) is 142 Å². The third-order valence-corrected chi connectivity index (χ3v) is 25.8. The van der Waals surface area contributed by atoms with Gasteiger partial charge in [-0.3, -0.25) is 43.1 Å². The number of aromatic hydroxyl groups is 1. The van der Waals surface area contributed by atoms with Gasteiger partial charge in [0.15, 0.2) is 33.7 Å². The van der Waals surface area contributed by atoms with Crippen molar-refractivity contribution in [3.63, 3.8) is 0 Å². The van der Waals surface area contributed by atoms with Crippen LogP contribution in [0.3, 0.4) is 0 Å². The van der Waals surface area contributed by atoms with Crippen molar-refractivity contribution in [2.24, 2.45) is 0 Å². The number of imide groups is 1. The Hall–Kier alpha value is -13.8. The van der Waals surface area contributed by atoms with Gasteiger partial charge in [0.05, 0.1) is 116 Å². The molecule has 0 spiro atoms. The van der Waals surface area contributed by atoms with Crippen LogP contribution in [0.5, 0.6) is 34.5 Å². The zero-order valence-electron chi connectivity index (χ0n) is 74.6. The van der Waals surface area contributed by atoms with Crippen LogP contribution < -0.4 is 49.4 Å². The summed E-state index contributed by atoms with van der Waals surface area (Å²) in [6, 6.07) is 51.5. The molecule has 1 saturated carbocycles. The number of rotatable bonds is 31. The molecule has 5 aliphatic rings. The third kappa shape index (κ3) is 23.4. The number of thiophene rings is 1. The number of hydrogen-bond donors (Lipinski definition) is 4. The van der Waals surface area contributed by atoms with Gasteiger partial charge in [-0.1, -0.05) is 86.0 Å². The maximum atomic E-state index is 13.4. The van der Waals surface area contributed by atoms with E-state index in [1.165, 1.54) is 75.8 Å². The van der Waals surface area contributed by atoms with Crippen LogP contribution in [-0.2, 0) is 58.0 Å². The van der Waals surface area contributed by atoms with Crippen LogP contribution in [-0.4, -0.2) is 161 Å². The molecule has 32 heteroatoms. The van der Waals surface area contributed by atoms with E-state index in [9.17, 15) is 61.9 Å². The van der Waals surface area contributed by atoms with E-state index in [0.717, 1.165) is 61.6 Å². The number of nitrogens with one attached hydrogen (secondary N) is 3. The zero-order valence-corrected chi connectivity index (χ0v) is 76.3. The highest BCUT2D eigenvalue weighted by Gasteiger charge is 2.42. The van der Waals surface area contributed by atoms with Crippen LogP contribution in [0.15, 0.2) is 219 Å². The Morgan fingerprint density at radius 2 is 1.34 bits per heavy atom. The van der Waals surface area contributed by atoms with Crippen LogP contribution in [0, 0.1) is 19.1 Å². The smallest absolute Gasteiger partial charge is 0.336 e. The lowest BCUT2D eigenvalue weighted by Gasteiger charge is -2.34. The lowest BCUT2D eigenvalue weighted by Crippen LogP contribution is -2.39. The Bertz CT molecular complexity index is 5980. The van der Waals surface area contributed by atoms with Crippen LogP contribution >= 0.6 is 11.3 Å². The Morgan fingerprint density at radius 1 is 0.656 bits per heavy atom. The number of aryl methyl sites for hydroxylation is 2. The van der Waals surface area contributed by atoms with E-state index in [0.29, 0.717) is 118 Å². The summed E-state index contributed by atoms with van der Waals surface area (Å²) in [7, 11) is 2.14. The molecule has 30 nitrogen and oxygen atoms in total. The first-order valence-corrected chi connectivity index (χ1v) is 45.6. The number of allylic oxidation sites excluding steroid dienone is 2. The molecule has 2 fully saturated rings. The number of sulfone groups is 1. The number of methoxy groups -OCH3 is 4. The van der Waals surface area contributed by atoms with Gasteiger partial charge in [-0.2, -0.15) is 0 Å². The second kappa shape index (κ2) is 44.9. The molecule has 1 saturated heterocycles. The maximum absolute atomic E-state index is 13.4. The Balaban J connectivity index is 0.000000160. The Kier molecular flexibility index (Phi) is 33.0. The number of Topliss-reactive ketones (excluding diaryl/α,β-unsaturated/α-hetero) is 2. The number of ether oxygens (including phenoxy) is 8. The molecule has 5 amide bonds. The minimum Gasteiger partial charge on any atom is -0.504 e. The number of fused-ring (bicyclic) bond motifs is 2. The van der Waals surface area contributed by atoms with E-state index in [4.69, 9.17) is 37.9 Å². The molecular weight excluding hydrogens is 1720 g/mol. The summed E-state index contributed by atoms with van der Waals surface area (Å²) in [6.45, 7) is 15.4. The highest BCUT2D eigenvalue weighted by molar-refractivity contribution is 7.91. The van der Waals surface area contributed by atoms with Crippen molar-refractivity contribution in [2.75, 3.05) is 89.2 Å². The normalized spacial score (nSPS) is 14.6. The van der Waals surface area contributed by atoms with Crippen LogP contribution in [0.2, 0.25) is 0 Å². The number of nitrogens with zero attached hydrogens (tertiary/aromatic N) is 5. The molecule has 2 aromatic heterocycles. The van der Waals surface area contributed by atoms with Crippen molar-refractivity contribution < 1.29 is 104 Å². The first-order valence-electron chi connectivity index (χ1n) is 43.1. The van der Waals surface area contributed by atoms with Crippen molar-refractivity contribution in [3.8, 4) is 34.5 Å². The van der Waals surface area contributed by atoms with Gasteiger partial charge in [0, 0.05) is 102 Å². The van der Waals surface area contributed by atoms with Crippen LogP contribution in [0.25, 0.3) is 0 Å². The van der Waals surface area contributed by atoms with Crippen molar-refractivity contribution in [3.05, 3.63) is 287 Å². The molecule has 1 unspecified atom stereocenters. The number of amides is 5. The molecule has 131 heavy (non-hydrogen) atoms. The van der Waals surface area contributed by atoms with Crippen LogP contribution in [0.4, 0.5) is 17.1 Å². The topological polar surface area (TPSA) is 381 Å². The first kappa shape index (κ1) is 96.3. The predicted molar refractivity (Wildman–Crippen MR) is 490 cm³/mol. The van der Waals surface area contributed by atoms with E-state index in [-0.39, 0.29) is 115 Å². The molecule has 1 atom stereocenters. The summed E-state index contributed by atoms with van der Waals surface area (Å²) >= 11 is 1.72. The summed E-state index contributed by atoms with van der Waals surface area (Å²) < 4.78 is 72.2. The average molecular weight is 1820 g/mol. The second-order valence-corrected chi connectivity index (χ2v) is 34.5. The fourth-order valence-corrected chi connectivity index (χ4v) is 18.6. The quantitative estimate of drug-likeness (QED) is 0.0136. The monoisotopic (exact) mass is 1820 g/mol. The predicted octanol–water partition coefficient (Wildman–Crippen LogP) is 15.7. The maximum Gasteiger partial charge on any atom is 0.336 e. The number of esters is 2. The molecule has 6 heterocycles. The van der Waals surface area contributed by atoms with Crippen molar-refractivity contribution in [1.82, 2.24) is 20.3 Å². The number of carbonyl (C=O) groups is 9. The van der Waals surface area contributed by atoms with E-state index in [2.05, 4.69) is 42.1 Å². The summed E-state index contributed by atoms with van der Waals surface area (Å²) in [5.74, 6) is -1.46. The Labute approximate surface area is 763 Å². The van der Waals surface area contributed by atoms with Gasteiger partial charge in [-0.05, 0) is 203 Å². The molecule has 4 N–H and O–H groups in total. The summed E-state index contributed by atoms with van der Waals surface area (Å²) in [6.07, 6.45) is 7.54. The number of anilines is 3. The summed E-state index contributed by atoms with van der Waals surface area (Å²) in [5.41, 5.74) is 8.29. The standard InChI is InChI=1S/C32H26N2O7.C23H26N2O3.C23H31NO5S2.C21H23N3O7/c1-18-13-22(9-12-28(18)40-2)33-30(37)21-5-4-6-23(16-21)34-31(38)24-10-8-20(17-25(24)32(34)39)26(35)14-19-7-11-29(41-3)27(36)15-19;1-2-28-20-14-7-6-13-19(20)24-22(26)18-12-8-9-16-15-25(23(27)21(16)18)17-10-4-3-5-11-17;1-2-29-20-8-10-21(11-9-20)31(26,27)18-4-5-19(25)7-12-22(23-6-3-17-30-23)24-13-15-28-16-14-24;1-11-15(24(27)31-23-11)10-30-16-9-7-6-8-14(16)19-17(20(25)28-4)12(2)22-13(3)18(19)21(26)29-5/h4-13,15-17,36H,14H2,1-3H3,(H,33,37);6-9,12-14,17H,2-5,10-11,15H2,1H3,(H,24,26);3,6,8-11,17,22H,2,4-5,7,12-16,18H2,1H3;6-9,19,22H,10H2,1-5H3. The molecule has 1 aliphatic carbocycles. The number of ketones is 2. The zero-order chi connectivity index (χ0) is 93.6. The van der Waals surface area contributed by atoms with Gasteiger partial charge >= 0.3 is 11.9 Å². The fraction of sp³-hybridized carbons (Fsp3) is 0.323. The highest BCUT2D eigenvalue weighted by Crippen LogP contribution is 2.44. The van der Waals surface area contributed by atoms with E-state index < -0.39 is 45.4 Å². The molecular formula is C99H106N8O22S2. The van der Waals surface area contributed by atoms with E-state index >= 15 is 0 Å². The van der Waals surface area contributed by atoms with Gasteiger partial charge in [-0.15, -0.1) is 11.3 Å². The molecule has 10 aromatic rings. The lowest BCUT2D eigenvalue weighted by molar-refractivity contribution is -0.808. The van der Waals surface area contributed by atoms with E-state index in [1.54, 1.807) is 142 Å². The summed E-state index contributed by atoms with van der Waals surface area (Å²) in [4.78, 5) is 124. The fourth-order valence-electron chi connectivity index (χ4n) is 16.4. The van der Waals surface area contributed by atoms with Gasteiger partial charge in [0.2, 0.25) is 11.4 Å². The van der Waals surface area contributed by atoms with Crippen molar-refractivity contribution in [1.29, 1.82) is 0 Å². The van der Waals surface area contributed by atoms with Gasteiger partial charge < -0.3 is 69.1 Å². The molecule has 8 aromatic carbocycles. The number of benzene rings is 8. The largest absolute Gasteiger partial charge is 0.504 e. The average Bonchev–Trinajstić information content (AvgIpc) is 1.75. The second-order valence-electron chi connectivity index (χ2n) is 31.4. The minimum absolute atomic E-state index is 0.00857. The highest BCUT2D eigenvalue weighted by atomic mass is 32.2. The molecule has 0 bridgehead atoms.